The quantitative estimate of drug-likeness (QED) is 0.763. The molecule has 1 heterocycles. The van der Waals surface area contributed by atoms with Crippen molar-refractivity contribution >= 4 is 9.84 Å². The van der Waals surface area contributed by atoms with Crippen LogP contribution in [0.25, 0.3) is 0 Å². The minimum atomic E-state index is -2.90. The molecule has 5 heteroatoms. The predicted molar refractivity (Wildman–Crippen MR) is 63.1 cm³/mol. The first-order valence-corrected chi connectivity index (χ1v) is 7.78. The van der Waals surface area contributed by atoms with E-state index in [-0.39, 0.29) is 17.6 Å². The molecule has 3 unspecified atom stereocenters. The lowest BCUT2D eigenvalue weighted by molar-refractivity contribution is -0.0201. The van der Waals surface area contributed by atoms with Crippen molar-refractivity contribution in [1.29, 1.82) is 0 Å². The van der Waals surface area contributed by atoms with Gasteiger partial charge in [-0.3, -0.25) is 0 Å². The lowest BCUT2D eigenvalue weighted by Gasteiger charge is -2.21. The second kappa shape index (κ2) is 5.98. The van der Waals surface area contributed by atoms with Gasteiger partial charge in [0.1, 0.15) is 9.84 Å². The third-order valence-corrected chi connectivity index (χ3v) is 5.01. The highest BCUT2D eigenvalue weighted by atomic mass is 32.2. The highest BCUT2D eigenvalue weighted by molar-refractivity contribution is 7.91. The third kappa shape index (κ3) is 4.03. The Morgan fingerprint density at radius 1 is 1.50 bits per heavy atom. The molecule has 1 N–H and O–H groups in total. The van der Waals surface area contributed by atoms with Gasteiger partial charge in [0.15, 0.2) is 0 Å². The summed E-state index contributed by atoms with van der Waals surface area (Å²) in [4.78, 5) is 0. The van der Waals surface area contributed by atoms with Crippen molar-refractivity contribution in [2.45, 2.75) is 45.3 Å². The van der Waals surface area contributed by atoms with Crippen LogP contribution in [0, 0.1) is 5.92 Å². The number of aliphatic hydroxyl groups excluding tert-OH is 1. The van der Waals surface area contributed by atoms with Crippen molar-refractivity contribution in [2.24, 2.45) is 5.92 Å². The Labute approximate surface area is 97.9 Å². The van der Waals surface area contributed by atoms with E-state index in [0.29, 0.717) is 25.4 Å². The Bertz CT molecular complexity index is 299. The Kier molecular flexibility index (Phi) is 5.21. The van der Waals surface area contributed by atoms with Gasteiger partial charge in [0.25, 0.3) is 0 Å². The summed E-state index contributed by atoms with van der Waals surface area (Å²) in [5.41, 5.74) is 0. The molecular formula is C11H22O4S. The summed E-state index contributed by atoms with van der Waals surface area (Å²) in [5, 5.41) is 9.87. The van der Waals surface area contributed by atoms with E-state index in [1.807, 2.05) is 0 Å². The standard InChI is InChI=1S/C11H22O4S/c1-3-16(13,14)8-4-5-10(12)11-9(2)6-7-15-11/h9-12H,3-8H2,1-2H3. The Hall–Kier alpha value is -0.130. The molecule has 3 atom stereocenters. The maximum absolute atomic E-state index is 11.3. The van der Waals surface area contributed by atoms with Crippen LogP contribution in [-0.4, -0.2) is 43.8 Å². The molecule has 1 aliphatic heterocycles. The summed E-state index contributed by atoms with van der Waals surface area (Å²) in [6.45, 7) is 4.41. The zero-order chi connectivity index (χ0) is 12.2. The normalized spacial score (nSPS) is 28.2. The molecule has 1 aliphatic rings. The van der Waals surface area contributed by atoms with Gasteiger partial charge in [-0.25, -0.2) is 8.42 Å². The fraction of sp³-hybridized carbons (Fsp3) is 1.00. The summed E-state index contributed by atoms with van der Waals surface area (Å²) in [6.07, 6.45) is 1.38. The summed E-state index contributed by atoms with van der Waals surface area (Å²) in [7, 11) is -2.90. The van der Waals surface area contributed by atoms with Gasteiger partial charge in [-0.1, -0.05) is 13.8 Å². The monoisotopic (exact) mass is 250 g/mol. The number of rotatable bonds is 6. The fourth-order valence-electron chi connectivity index (χ4n) is 2.03. The van der Waals surface area contributed by atoms with Crippen LogP contribution in [0.3, 0.4) is 0 Å². The van der Waals surface area contributed by atoms with Crippen molar-refractivity contribution < 1.29 is 18.3 Å². The Balaban J connectivity index is 2.27. The van der Waals surface area contributed by atoms with E-state index in [2.05, 4.69) is 6.92 Å². The second-order valence-electron chi connectivity index (χ2n) is 4.55. The van der Waals surface area contributed by atoms with Crippen LogP contribution < -0.4 is 0 Å². The summed E-state index contributed by atoms with van der Waals surface area (Å²) in [6, 6.07) is 0. The summed E-state index contributed by atoms with van der Waals surface area (Å²) < 4.78 is 27.9. The molecule has 1 fully saturated rings. The predicted octanol–water partition coefficient (Wildman–Crippen LogP) is 0.987. The third-order valence-electron chi connectivity index (χ3n) is 3.22. The first kappa shape index (κ1) is 13.9. The molecule has 1 saturated heterocycles. The van der Waals surface area contributed by atoms with Crippen LogP contribution in [0.5, 0.6) is 0 Å². The summed E-state index contributed by atoms with van der Waals surface area (Å²) in [5.74, 6) is 0.721. The zero-order valence-electron chi connectivity index (χ0n) is 10.1. The minimum Gasteiger partial charge on any atom is -0.390 e. The van der Waals surface area contributed by atoms with Crippen LogP contribution in [0.2, 0.25) is 0 Å². The molecule has 0 saturated carbocycles. The molecule has 96 valence electrons. The first-order valence-electron chi connectivity index (χ1n) is 5.96. The smallest absolute Gasteiger partial charge is 0.150 e. The number of sulfone groups is 1. The van der Waals surface area contributed by atoms with Gasteiger partial charge in [0, 0.05) is 12.4 Å². The molecule has 0 aromatic carbocycles. The van der Waals surface area contributed by atoms with Crippen LogP contribution in [0.4, 0.5) is 0 Å². The lowest BCUT2D eigenvalue weighted by atomic mass is 9.97. The van der Waals surface area contributed by atoms with E-state index in [4.69, 9.17) is 4.74 Å². The molecule has 0 bridgehead atoms. The van der Waals surface area contributed by atoms with E-state index < -0.39 is 15.9 Å². The second-order valence-corrected chi connectivity index (χ2v) is 7.02. The topological polar surface area (TPSA) is 63.6 Å². The zero-order valence-corrected chi connectivity index (χ0v) is 10.9. The van der Waals surface area contributed by atoms with Gasteiger partial charge >= 0.3 is 0 Å². The SMILES string of the molecule is CCS(=O)(=O)CCCC(O)C1OCCC1C. The van der Waals surface area contributed by atoms with E-state index in [1.165, 1.54) is 0 Å². The molecule has 4 nitrogen and oxygen atoms in total. The lowest BCUT2D eigenvalue weighted by Crippen LogP contribution is -2.30. The van der Waals surface area contributed by atoms with Crippen LogP contribution in [0.1, 0.15) is 33.1 Å². The molecule has 16 heavy (non-hydrogen) atoms. The number of hydrogen-bond donors (Lipinski definition) is 1. The van der Waals surface area contributed by atoms with E-state index in [9.17, 15) is 13.5 Å². The number of aliphatic hydroxyl groups is 1. The fourth-order valence-corrected chi connectivity index (χ4v) is 2.93. The van der Waals surface area contributed by atoms with Gasteiger partial charge in [0.2, 0.25) is 0 Å². The van der Waals surface area contributed by atoms with Crippen LogP contribution >= 0.6 is 0 Å². The average Bonchev–Trinajstić information content (AvgIpc) is 2.64. The highest BCUT2D eigenvalue weighted by Gasteiger charge is 2.30. The molecule has 0 aromatic heterocycles. The van der Waals surface area contributed by atoms with Crippen molar-refractivity contribution in [3.05, 3.63) is 0 Å². The van der Waals surface area contributed by atoms with E-state index in [0.717, 1.165) is 6.42 Å². The maximum Gasteiger partial charge on any atom is 0.150 e. The Morgan fingerprint density at radius 2 is 2.19 bits per heavy atom. The maximum atomic E-state index is 11.3. The first-order chi connectivity index (χ1) is 7.46. The van der Waals surface area contributed by atoms with Gasteiger partial charge in [-0.15, -0.1) is 0 Å². The molecule has 0 aliphatic carbocycles. The van der Waals surface area contributed by atoms with Gasteiger partial charge < -0.3 is 9.84 Å². The Morgan fingerprint density at radius 3 is 2.69 bits per heavy atom. The van der Waals surface area contributed by atoms with Crippen LogP contribution in [0.15, 0.2) is 0 Å². The van der Waals surface area contributed by atoms with Crippen molar-refractivity contribution in [3.63, 3.8) is 0 Å². The number of ether oxygens (including phenoxy) is 1. The molecule has 0 radical (unpaired) electrons. The van der Waals surface area contributed by atoms with Gasteiger partial charge in [-0.05, 0) is 25.2 Å². The summed E-state index contributed by atoms with van der Waals surface area (Å²) >= 11 is 0. The van der Waals surface area contributed by atoms with E-state index in [1.54, 1.807) is 6.92 Å². The largest absolute Gasteiger partial charge is 0.390 e. The highest BCUT2D eigenvalue weighted by Crippen LogP contribution is 2.24. The number of hydrogen-bond acceptors (Lipinski definition) is 4. The van der Waals surface area contributed by atoms with Gasteiger partial charge in [0.05, 0.1) is 18.0 Å². The minimum absolute atomic E-state index is 0.107. The van der Waals surface area contributed by atoms with Crippen LogP contribution in [-0.2, 0) is 14.6 Å². The molecule has 0 aromatic rings. The van der Waals surface area contributed by atoms with Crippen molar-refractivity contribution in [1.82, 2.24) is 0 Å². The molecule has 0 spiro atoms. The molecule has 0 amide bonds. The molecule has 1 rings (SSSR count). The van der Waals surface area contributed by atoms with Crippen molar-refractivity contribution in [2.75, 3.05) is 18.1 Å². The van der Waals surface area contributed by atoms with Crippen molar-refractivity contribution in [3.8, 4) is 0 Å². The van der Waals surface area contributed by atoms with E-state index >= 15 is 0 Å². The average molecular weight is 250 g/mol. The van der Waals surface area contributed by atoms with Gasteiger partial charge in [-0.2, -0.15) is 0 Å². The molecular weight excluding hydrogens is 228 g/mol.